The number of carbonyl (C=O) groups is 1. The van der Waals surface area contributed by atoms with Gasteiger partial charge in [0.1, 0.15) is 0 Å². The third-order valence-corrected chi connectivity index (χ3v) is 2.67. The lowest BCUT2D eigenvalue weighted by Gasteiger charge is -2.05. The minimum Gasteiger partial charge on any atom is -0.325 e. The van der Waals surface area contributed by atoms with E-state index in [1.54, 1.807) is 18.5 Å². The van der Waals surface area contributed by atoms with Crippen LogP contribution in [0.5, 0.6) is 0 Å². The zero-order valence-electron chi connectivity index (χ0n) is 10.4. The van der Waals surface area contributed by atoms with Crippen LogP contribution in [-0.2, 0) is 11.2 Å². The Balaban J connectivity index is 1.85. The van der Waals surface area contributed by atoms with Crippen LogP contribution in [0.3, 0.4) is 0 Å². The van der Waals surface area contributed by atoms with Crippen molar-refractivity contribution in [2.75, 3.05) is 5.32 Å². The molecule has 1 aromatic heterocycles. The van der Waals surface area contributed by atoms with E-state index < -0.39 is 0 Å². The van der Waals surface area contributed by atoms with Gasteiger partial charge in [0, 0.05) is 12.6 Å². The third kappa shape index (κ3) is 3.70. The Morgan fingerprint density at radius 1 is 1.28 bits per heavy atom. The van der Waals surface area contributed by atoms with Gasteiger partial charge in [-0.3, -0.25) is 9.78 Å². The van der Waals surface area contributed by atoms with Crippen molar-refractivity contribution < 1.29 is 4.79 Å². The molecular formula is C15H16N2O. The molecule has 0 radical (unpaired) electrons. The van der Waals surface area contributed by atoms with Crippen LogP contribution in [0.4, 0.5) is 5.69 Å². The van der Waals surface area contributed by atoms with E-state index in [1.165, 1.54) is 11.1 Å². The molecule has 0 saturated heterocycles. The number of rotatable bonds is 4. The zero-order valence-corrected chi connectivity index (χ0v) is 10.4. The first kappa shape index (κ1) is 12.3. The summed E-state index contributed by atoms with van der Waals surface area (Å²) in [6.45, 7) is 2.05. The molecule has 2 aromatic rings. The maximum absolute atomic E-state index is 11.7. The number of hydrogen-bond donors (Lipinski definition) is 1. The van der Waals surface area contributed by atoms with Crippen LogP contribution >= 0.6 is 0 Å². The van der Waals surface area contributed by atoms with Crippen LogP contribution in [0, 0.1) is 6.92 Å². The topological polar surface area (TPSA) is 42.0 Å². The fourth-order valence-electron chi connectivity index (χ4n) is 1.79. The Bertz CT molecular complexity index is 523. The molecule has 2 rings (SSSR count). The van der Waals surface area contributed by atoms with Gasteiger partial charge in [0.15, 0.2) is 0 Å². The summed E-state index contributed by atoms with van der Waals surface area (Å²) in [5, 5.41) is 2.83. The molecule has 0 aliphatic heterocycles. The molecule has 1 amide bonds. The SMILES string of the molecule is Cc1cccc(CCC(=O)Nc2cccnc2)c1. The Morgan fingerprint density at radius 3 is 2.89 bits per heavy atom. The van der Waals surface area contributed by atoms with Gasteiger partial charge < -0.3 is 5.32 Å². The van der Waals surface area contributed by atoms with E-state index in [-0.39, 0.29) is 5.91 Å². The average Bonchev–Trinajstić information content (AvgIpc) is 2.38. The molecule has 1 aromatic carbocycles. The number of hydrogen-bond acceptors (Lipinski definition) is 2. The number of carbonyl (C=O) groups excluding carboxylic acids is 1. The summed E-state index contributed by atoms with van der Waals surface area (Å²) in [5.74, 6) is 0.0181. The molecule has 1 N–H and O–H groups in total. The highest BCUT2D eigenvalue weighted by molar-refractivity contribution is 5.90. The van der Waals surface area contributed by atoms with Crippen molar-refractivity contribution in [3.8, 4) is 0 Å². The second kappa shape index (κ2) is 5.96. The highest BCUT2D eigenvalue weighted by Gasteiger charge is 2.03. The number of nitrogens with zero attached hydrogens (tertiary/aromatic N) is 1. The Kier molecular flexibility index (Phi) is 4.07. The second-order valence-corrected chi connectivity index (χ2v) is 4.28. The number of aryl methyl sites for hydroxylation is 2. The molecule has 18 heavy (non-hydrogen) atoms. The number of anilines is 1. The number of nitrogens with one attached hydrogen (secondary N) is 1. The largest absolute Gasteiger partial charge is 0.325 e. The first-order chi connectivity index (χ1) is 8.74. The minimum absolute atomic E-state index is 0.0181. The molecule has 0 unspecified atom stereocenters. The normalized spacial score (nSPS) is 10.1. The van der Waals surface area contributed by atoms with Crippen molar-refractivity contribution in [3.63, 3.8) is 0 Å². The van der Waals surface area contributed by atoms with Crippen LogP contribution in [0.2, 0.25) is 0 Å². The first-order valence-corrected chi connectivity index (χ1v) is 5.99. The van der Waals surface area contributed by atoms with Gasteiger partial charge in [-0.25, -0.2) is 0 Å². The van der Waals surface area contributed by atoms with E-state index in [9.17, 15) is 4.79 Å². The van der Waals surface area contributed by atoms with Crippen molar-refractivity contribution in [3.05, 3.63) is 59.9 Å². The van der Waals surface area contributed by atoms with E-state index >= 15 is 0 Å². The molecule has 0 aliphatic rings. The van der Waals surface area contributed by atoms with Gasteiger partial charge in [0.2, 0.25) is 5.91 Å². The van der Waals surface area contributed by atoms with Crippen molar-refractivity contribution in [2.45, 2.75) is 19.8 Å². The van der Waals surface area contributed by atoms with Crippen LogP contribution in [0.1, 0.15) is 17.5 Å². The number of aromatic nitrogens is 1. The summed E-state index contributed by atoms with van der Waals surface area (Å²) in [5.41, 5.74) is 3.16. The predicted molar refractivity (Wildman–Crippen MR) is 72.4 cm³/mol. The highest BCUT2D eigenvalue weighted by Crippen LogP contribution is 2.08. The molecular weight excluding hydrogens is 224 g/mol. The Labute approximate surface area is 107 Å². The van der Waals surface area contributed by atoms with Crippen LogP contribution in [0.15, 0.2) is 48.8 Å². The van der Waals surface area contributed by atoms with Gasteiger partial charge in [-0.05, 0) is 31.0 Å². The van der Waals surface area contributed by atoms with Crippen molar-refractivity contribution in [2.24, 2.45) is 0 Å². The van der Waals surface area contributed by atoms with Gasteiger partial charge in [0.05, 0.1) is 11.9 Å². The van der Waals surface area contributed by atoms with Gasteiger partial charge in [-0.15, -0.1) is 0 Å². The second-order valence-electron chi connectivity index (χ2n) is 4.28. The third-order valence-electron chi connectivity index (χ3n) is 2.67. The molecule has 0 aliphatic carbocycles. The molecule has 0 saturated carbocycles. The van der Waals surface area contributed by atoms with Crippen LogP contribution in [0.25, 0.3) is 0 Å². The maximum atomic E-state index is 11.7. The summed E-state index contributed by atoms with van der Waals surface area (Å²) in [4.78, 5) is 15.7. The molecule has 0 atom stereocenters. The highest BCUT2D eigenvalue weighted by atomic mass is 16.1. The summed E-state index contributed by atoms with van der Waals surface area (Å²) in [7, 11) is 0. The Morgan fingerprint density at radius 2 is 2.17 bits per heavy atom. The molecule has 3 heteroatoms. The summed E-state index contributed by atoms with van der Waals surface area (Å²) >= 11 is 0. The monoisotopic (exact) mass is 240 g/mol. The fourth-order valence-corrected chi connectivity index (χ4v) is 1.79. The van der Waals surface area contributed by atoms with E-state index in [2.05, 4.69) is 29.4 Å². The minimum atomic E-state index is 0.0181. The number of benzene rings is 1. The predicted octanol–water partition coefficient (Wildman–Crippen LogP) is 2.96. The molecule has 92 valence electrons. The van der Waals surface area contributed by atoms with Gasteiger partial charge in [-0.2, -0.15) is 0 Å². The molecule has 0 bridgehead atoms. The van der Waals surface area contributed by atoms with E-state index in [0.717, 1.165) is 12.1 Å². The van der Waals surface area contributed by atoms with Gasteiger partial charge in [0.25, 0.3) is 0 Å². The van der Waals surface area contributed by atoms with E-state index in [4.69, 9.17) is 0 Å². The van der Waals surface area contributed by atoms with E-state index in [0.29, 0.717) is 6.42 Å². The molecule has 0 spiro atoms. The maximum Gasteiger partial charge on any atom is 0.224 e. The Hall–Kier alpha value is -2.16. The van der Waals surface area contributed by atoms with Crippen molar-refractivity contribution in [1.82, 2.24) is 4.98 Å². The van der Waals surface area contributed by atoms with E-state index in [1.807, 2.05) is 18.2 Å². The molecule has 3 nitrogen and oxygen atoms in total. The fraction of sp³-hybridized carbons (Fsp3) is 0.200. The van der Waals surface area contributed by atoms with Gasteiger partial charge in [-0.1, -0.05) is 29.8 Å². The zero-order chi connectivity index (χ0) is 12.8. The quantitative estimate of drug-likeness (QED) is 0.892. The molecule has 0 fully saturated rings. The van der Waals surface area contributed by atoms with Crippen LogP contribution < -0.4 is 5.32 Å². The van der Waals surface area contributed by atoms with Crippen molar-refractivity contribution >= 4 is 11.6 Å². The lowest BCUT2D eigenvalue weighted by molar-refractivity contribution is -0.116. The van der Waals surface area contributed by atoms with Gasteiger partial charge >= 0.3 is 0 Å². The lowest BCUT2D eigenvalue weighted by atomic mass is 10.1. The smallest absolute Gasteiger partial charge is 0.224 e. The standard InChI is InChI=1S/C15H16N2O/c1-12-4-2-5-13(10-12)7-8-15(18)17-14-6-3-9-16-11-14/h2-6,9-11H,7-8H2,1H3,(H,17,18). The summed E-state index contributed by atoms with van der Waals surface area (Å²) in [6.07, 6.45) is 4.57. The average molecular weight is 240 g/mol. The van der Waals surface area contributed by atoms with Crippen LogP contribution in [-0.4, -0.2) is 10.9 Å². The number of amides is 1. The first-order valence-electron chi connectivity index (χ1n) is 5.99. The molecule has 1 heterocycles. The lowest BCUT2D eigenvalue weighted by Crippen LogP contribution is -2.12. The summed E-state index contributed by atoms with van der Waals surface area (Å²) in [6, 6.07) is 11.9. The number of pyridine rings is 1. The van der Waals surface area contributed by atoms with Crippen molar-refractivity contribution in [1.29, 1.82) is 0 Å². The summed E-state index contributed by atoms with van der Waals surface area (Å²) < 4.78 is 0.